The third-order valence-electron chi connectivity index (χ3n) is 12.2. The van der Waals surface area contributed by atoms with Crippen LogP contribution in [-0.2, 0) is 44.8 Å². The lowest BCUT2D eigenvalue weighted by Crippen LogP contribution is -2.63. The zero-order chi connectivity index (χ0) is 48.3. The van der Waals surface area contributed by atoms with Gasteiger partial charge in [-0.15, -0.1) is 0 Å². The van der Waals surface area contributed by atoms with Gasteiger partial charge in [0.2, 0.25) is 47.3 Å². The number of carbonyl (C=O) groups excluding carboxylic acids is 8. The van der Waals surface area contributed by atoms with Gasteiger partial charge in [0.25, 0.3) is 0 Å². The number of nitrogens with one attached hydrogen (secondary N) is 8. The van der Waals surface area contributed by atoms with Crippen molar-refractivity contribution in [1.82, 2.24) is 42.5 Å². The number of hydrogen-bond donors (Lipinski definition) is 9. The van der Waals surface area contributed by atoms with Crippen molar-refractivity contribution >= 4 is 47.3 Å². The van der Waals surface area contributed by atoms with E-state index in [1.54, 1.807) is 58.9 Å². The summed E-state index contributed by atoms with van der Waals surface area (Å²) in [5.41, 5.74) is 6.50. The van der Waals surface area contributed by atoms with Crippen LogP contribution in [0.5, 0.6) is 0 Å². The first-order valence-electron chi connectivity index (χ1n) is 23.4. The minimum Gasteiger partial charge on any atom is -0.343 e. The normalized spacial score (nSPS) is 26.8. The second-order valence-electron chi connectivity index (χ2n) is 18.4. The summed E-state index contributed by atoms with van der Waals surface area (Å²) in [6.45, 7) is 20.0. The van der Waals surface area contributed by atoms with Crippen LogP contribution < -0.4 is 48.3 Å². The van der Waals surface area contributed by atoms with Crippen molar-refractivity contribution in [2.75, 3.05) is 6.54 Å². The second-order valence-corrected chi connectivity index (χ2v) is 18.4. The maximum atomic E-state index is 14.3. The quantitative estimate of drug-likeness (QED) is 0.117. The van der Waals surface area contributed by atoms with Crippen LogP contribution in [0.1, 0.15) is 127 Å². The Morgan fingerprint density at radius 3 is 1.39 bits per heavy atom. The third kappa shape index (κ3) is 17.1. The molecule has 0 aromatic heterocycles. The van der Waals surface area contributed by atoms with E-state index in [0.717, 1.165) is 5.56 Å². The van der Waals surface area contributed by atoms with Crippen molar-refractivity contribution in [1.29, 1.82) is 0 Å². The first-order chi connectivity index (χ1) is 30.2. The summed E-state index contributed by atoms with van der Waals surface area (Å²) in [7, 11) is 0. The van der Waals surface area contributed by atoms with Gasteiger partial charge in [0, 0.05) is 6.42 Å². The highest BCUT2D eigenvalue weighted by Gasteiger charge is 2.38. The van der Waals surface area contributed by atoms with Crippen LogP contribution in [0.25, 0.3) is 0 Å². The van der Waals surface area contributed by atoms with Gasteiger partial charge in [-0.3, -0.25) is 38.4 Å². The van der Waals surface area contributed by atoms with Gasteiger partial charge < -0.3 is 48.3 Å². The lowest BCUT2D eigenvalue weighted by molar-refractivity contribution is -0.138. The first-order valence-corrected chi connectivity index (χ1v) is 23.4. The van der Waals surface area contributed by atoms with Crippen LogP contribution in [0.3, 0.4) is 0 Å². The SMILES string of the molecule is CC[C@@H](C)[C@H]1NC(=O)[C@H]([C@@H](C)CC)NC(=O)[C@@H](C)NC(=O)[C@H]([C@@H](C)CC)NC(=O)[C@@H](CC(C)C)NC(=O)[C@@H](Cc2ccccc2)NC(=O)[C@@H](C(C)C)NC(=O)[C@@H](CCCCN)NC1=O. The van der Waals surface area contributed by atoms with Crippen molar-refractivity contribution < 1.29 is 38.4 Å². The molecule has 1 saturated heterocycles. The molecule has 0 aliphatic carbocycles. The molecule has 0 radical (unpaired) electrons. The molecule has 17 nitrogen and oxygen atoms in total. The number of rotatable bonds is 15. The summed E-state index contributed by atoms with van der Waals surface area (Å²) in [4.78, 5) is 113. The van der Waals surface area contributed by atoms with Gasteiger partial charge in [-0.25, -0.2) is 0 Å². The molecule has 8 amide bonds. The zero-order valence-corrected chi connectivity index (χ0v) is 40.1. The fourth-order valence-electron chi connectivity index (χ4n) is 7.36. The molecule has 17 heteroatoms. The van der Waals surface area contributed by atoms with E-state index in [1.807, 2.05) is 40.7 Å². The third-order valence-corrected chi connectivity index (χ3v) is 12.2. The van der Waals surface area contributed by atoms with Crippen molar-refractivity contribution in [3.05, 3.63) is 35.9 Å². The summed E-state index contributed by atoms with van der Waals surface area (Å²) >= 11 is 0. The number of hydrogen-bond acceptors (Lipinski definition) is 9. The minimum absolute atomic E-state index is 0.0451. The van der Waals surface area contributed by atoms with Crippen LogP contribution in [0, 0.1) is 29.6 Å². The van der Waals surface area contributed by atoms with Gasteiger partial charge in [0.1, 0.15) is 48.3 Å². The van der Waals surface area contributed by atoms with Crippen LogP contribution >= 0.6 is 0 Å². The smallest absolute Gasteiger partial charge is 0.243 e. The number of nitrogens with two attached hydrogens (primary N) is 1. The Labute approximate surface area is 380 Å². The Kier molecular flexibility index (Phi) is 23.5. The average Bonchev–Trinajstić information content (AvgIpc) is 3.25. The molecule has 11 atom stereocenters. The average molecular weight is 898 g/mol. The topological polar surface area (TPSA) is 259 Å². The molecule has 1 heterocycles. The van der Waals surface area contributed by atoms with E-state index in [-0.39, 0.29) is 25.2 Å². The molecule has 0 unspecified atom stereocenters. The molecular weight excluding hydrogens is 819 g/mol. The fraction of sp³-hybridized carbons (Fsp3) is 0.702. The minimum atomic E-state index is -1.20. The van der Waals surface area contributed by atoms with Crippen LogP contribution in [-0.4, -0.2) is 102 Å². The maximum absolute atomic E-state index is 14.3. The lowest BCUT2D eigenvalue weighted by Gasteiger charge is -2.32. The molecule has 10 N–H and O–H groups in total. The summed E-state index contributed by atoms with van der Waals surface area (Å²) in [6, 6.07) is -0.0722. The predicted molar refractivity (Wildman–Crippen MR) is 247 cm³/mol. The van der Waals surface area contributed by atoms with Crippen molar-refractivity contribution in [3.8, 4) is 0 Å². The Bertz CT molecular complexity index is 1710. The Balaban J connectivity index is 2.78. The van der Waals surface area contributed by atoms with Gasteiger partial charge in [0.15, 0.2) is 0 Å². The van der Waals surface area contributed by atoms with E-state index in [9.17, 15) is 38.4 Å². The molecule has 1 aliphatic heterocycles. The summed E-state index contributed by atoms with van der Waals surface area (Å²) < 4.78 is 0. The highest BCUT2D eigenvalue weighted by molar-refractivity contribution is 5.99. The maximum Gasteiger partial charge on any atom is 0.243 e. The molecule has 1 aromatic carbocycles. The Morgan fingerprint density at radius 2 is 0.891 bits per heavy atom. The highest BCUT2D eigenvalue weighted by Crippen LogP contribution is 2.16. The van der Waals surface area contributed by atoms with E-state index in [0.29, 0.717) is 38.6 Å². The van der Waals surface area contributed by atoms with Crippen LogP contribution in [0.2, 0.25) is 0 Å². The number of carbonyl (C=O) groups is 8. The van der Waals surface area contributed by atoms with Gasteiger partial charge >= 0.3 is 0 Å². The molecule has 0 saturated carbocycles. The molecule has 0 spiro atoms. The van der Waals surface area contributed by atoms with Crippen molar-refractivity contribution in [2.24, 2.45) is 35.3 Å². The molecule has 360 valence electrons. The zero-order valence-electron chi connectivity index (χ0n) is 40.1. The molecule has 64 heavy (non-hydrogen) atoms. The highest BCUT2D eigenvalue weighted by atomic mass is 16.2. The van der Waals surface area contributed by atoms with E-state index >= 15 is 0 Å². The van der Waals surface area contributed by atoms with Gasteiger partial charge in [-0.05, 0) is 74.3 Å². The van der Waals surface area contributed by atoms with Gasteiger partial charge in [-0.2, -0.15) is 0 Å². The van der Waals surface area contributed by atoms with E-state index < -0.39 is 119 Å². The fourth-order valence-corrected chi connectivity index (χ4v) is 7.36. The molecule has 2 rings (SSSR count). The lowest BCUT2D eigenvalue weighted by atomic mass is 9.94. The van der Waals surface area contributed by atoms with Crippen molar-refractivity contribution in [2.45, 2.75) is 176 Å². The van der Waals surface area contributed by atoms with E-state index in [4.69, 9.17) is 5.73 Å². The monoisotopic (exact) mass is 898 g/mol. The predicted octanol–water partition coefficient (Wildman–Crippen LogP) is 2.11. The summed E-state index contributed by atoms with van der Waals surface area (Å²) in [6.07, 6.45) is 2.87. The summed E-state index contributed by atoms with van der Waals surface area (Å²) in [5.74, 6) is -6.88. The first kappa shape index (κ1) is 55.1. The van der Waals surface area contributed by atoms with Crippen molar-refractivity contribution in [3.63, 3.8) is 0 Å². The Morgan fingerprint density at radius 1 is 0.484 bits per heavy atom. The van der Waals surface area contributed by atoms with E-state index in [1.165, 1.54) is 6.92 Å². The largest absolute Gasteiger partial charge is 0.343 e. The Hall–Kier alpha value is -5.06. The van der Waals surface area contributed by atoms with Gasteiger partial charge in [0.05, 0.1) is 0 Å². The van der Waals surface area contributed by atoms with Gasteiger partial charge in [-0.1, -0.05) is 119 Å². The second kappa shape index (κ2) is 27.3. The molecule has 1 aromatic rings. The van der Waals surface area contributed by atoms with E-state index in [2.05, 4.69) is 42.5 Å². The number of amides is 8. The van der Waals surface area contributed by atoms with Crippen LogP contribution in [0.4, 0.5) is 0 Å². The molecular formula is C47H79N9O8. The molecule has 1 aliphatic rings. The number of benzene rings is 1. The summed E-state index contributed by atoms with van der Waals surface area (Å²) in [5, 5.41) is 22.5. The number of unbranched alkanes of at least 4 members (excludes halogenated alkanes) is 1. The van der Waals surface area contributed by atoms with Crippen LogP contribution in [0.15, 0.2) is 30.3 Å². The molecule has 0 bridgehead atoms. The molecule has 1 fully saturated rings. The standard InChI is InChI=1S/C47H79N9O8/c1-12-28(8)37-45(62)49-31(11)40(57)54-39(30(10)14-3)47(64)56-38(29(9)13-2)46(63)50-33(22-18-19-23-48)41(58)53-36(27(6)7)44(61)52-35(25-32-20-16-15-17-21-32)42(59)51-34(24-26(4)5)43(60)55-37/h15-17,20-21,26-31,33-39H,12-14,18-19,22-25,48H2,1-11H3,(H,49,62)(H,50,63)(H,51,59)(H,52,61)(H,53,58)(H,54,57)(H,55,60)(H,56,64)/t28-,29+,30-,31+,33+,34+,35+,36+,37-,38+,39-/m0/s1.